The highest BCUT2D eigenvalue weighted by Crippen LogP contribution is 2.37. The van der Waals surface area contributed by atoms with Crippen molar-refractivity contribution < 1.29 is 14.3 Å². The van der Waals surface area contributed by atoms with Crippen molar-refractivity contribution in [3.63, 3.8) is 0 Å². The first-order chi connectivity index (χ1) is 14.4. The Kier molecular flexibility index (Phi) is 6.51. The molecular formula is C22H30BrN5O3. The number of rotatable bonds is 5. The molecule has 0 bridgehead atoms. The zero-order valence-corrected chi connectivity index (χ0v) is 20.3. The molecule has 2 aliphatic rings. The monoisotopic (exact) mass is 491 g/mol. The Labute approximate surface area is 191 Å². The van der Waals surface area contributed by atoms with Crippen molar-refractivity contribution in [2.75, 3.05) is 18.0 Å². The molecule has 31 heavy (non-hydrogen) atoms. The Morgan fingerprint density at radius 2 is 2.10 bits per heavy atom. The van der Waals surface area contributed by atoms with Crippen LogP contribution in [0.3, 0.4) is 0 Å². The lowest BCUT2D eigenvalue weighted by molar-refractivity contribution is 0.0473. The van der Waals surface area contributed by atoms with E-state index in [1.165, 1.54) is 6.20 Å². The van der Waals surface area contributed by atoms with Crippen LogP contribution in [0.25, 0.3) is 0 Å². The van der Waals surface area contributed by atoms with E-state index in [0.29, 0.717) is 41.2 Å². The SMILES string of the molecule is C[C@H](NC(=O)c1cnc(C#N)c(Br)c1N1CC[C@](C)(NC(=O)OC(C)(C)C)C1)C1CC1. The van der Waals surface area contributed by atoms with Crippen LogP contribution in [-0.2, 0) is 4.74 Å². The summed E-state index contributed by atoms with van der Waals surface area (Å²) in [5, 5.41) is 15.5. The van der Waals surface area contributed by atoms with Gasteiger partial charge in [-0.2, -0.15) is 5.26 Å². The van der Waals surface area contributed by atoms with Crippen LogP contribution >= 0.6 is 15.9 Å². The van der Waals surface area contributed by atoms with Crippen molar-refractivity contribution in [1.29, 1.82) is 5.26 Å². The molecule has 1 aromatic rings. The first-order valence-corrected chi connectivity index (χ1v) is 11.4. The number of hydrogen-bond donors (Lipinski definition) is 2. The number of nitrogens with zero attached hydrogens (tertiary/aromatic N) is 3. The van der Waals surface area contributed by atoms with Crippen molar-refractivity contribution >= 4 is 33.6 Å². The van der Waals surface area contributed by atoms with Gasteiger partial charge < -0.3 is 20.3 Å². The van der Waals surface area contributed by atoms with E-state index in [9.17, 15) is 14.9 Å². The van der Waals surface area contributed by atoms with Crippen LogP contribution in [0.1, 0.15) is 69.9 Å². The molecule has 1 aliphatic carbocycles. The lowest BCUT2D eigenvalue weighted by Crippen LogP contribution is -2.49. The van der Waals surface area contributed by atoms with Crippen LogP contribution in [0.2, 0.25) is 0 Å². The molecule has 0 unspecified atom stereocenters. The molecule has 1 saturated heterocycles. The summed E-state index contributed by atoms with van der Waals surface area (Å²) in [5.74, 6) is 0.316. The summed E-state index contributed by atoms with van der Waals surface area (Å²) in [4.78, 5) is 31.5. The van der Waals surface area contributed by atoms with Crippen LogP contribution in [0.5, 0.6) is 0 Å². The molecule has 1 saturated carbocycles. The molecular weight excluding hydrogens is 462 g/mol. The van der Waals surface area contributed by atoms with Gasteiger partial charge in [0.2, 0.25) is 0 Å². The fraction of sp³-hybridized carbons (Fsp3) is 0.636. The van der Waals surface area contributed by atoms with Gasteiger partial charge in [-0.15, -0.1) is 0 Å². The average Bonchev–Trinajstić information content (AvgIpc) is 3.43. The number of amides is 2. The number of hydrogen-bond acceptors (Lipinski definition) is 6. The highest BCUT2D eigenvalue weighted by atomic mass is 79.9. The molecule has 1 aliphatic heterocycles. The zero-order chi connectivity index (χ0) is 23.0. The summed E-state index contributed by atoms with van der Waals surface area (Å²) in [5.41, 5.74) is 0.141. The topological polar surface area (TPSA) is 107 Å². The number of nitrogens with one attached hydrogen (secondary N) is 2. The first-order valence-electron chi connectivity index (χ1n) is 10.6. The molecule has 0 radical (unpaired) electrons. The lowest BCUT2D eigenvalue weighted by Gasteiger charge is -2.30. The number of carbonyl (C=O) groups excluding carboxylic acids is 2. The number of ether oxygens (including phenoxy) is 1. The predicted octanol–water partition coefficient (Wildman–Crippen LogP) is 3.74. The van der Waals surface area contributed by atoms with Gasteiger partial charge in [-0.25, -0.2) is 9.78 Å². The Morgan fingerprint density at radius 3 is 2.68 bits per heavy atom. The van der Waals surface area contributed by atoms with E-state index in [1.807, 2.05) is 39.5 Å². The second-order valence-electron chi connectivity index (χ2n) is 9.75. The minimum Gasteiger partial charge on any atom is -0.444 e. The molecule has 2 N–H and O–H groups in total. The van der Waals surface area contributed by atoms with Gasteiger partial charge in [0, 0.05) is 25.3 Å². The van der Waals surface area contributed by atoms with Crippen molar-refractivity contribution in [3.05, 3.63) is 21.9 Å². The summed E-state index contributed by atoms with van der Waals surface area (Å²) in [6, 6.07) is 2.16. The van der Waals surface area contributed by atoms with Gasteiger partial charge in [-0.3, -0.25) is 4.79 Å². The molecule has 0 spiro atoms. The summed E-state index contributed by atoms with van der Waals surface area (Å²) in [6.45, 7) is 10.5. The van der Waals surface area contributed by atoms with Gasteiger partial charge in [0.25, 0.3) is 5.91 Å². The number of pyridine rings is 1. The summed E-state index contributed by atoms with van der Waals surface area (Å²) in [7, 11) is 0. The minimum absolute atomic E-state index is 0.0902. The quantitative estimate of drug-likeness (QED) is 0.649. The second-order valence-corrected chi connectivity index (χ2v) is 10.5. The van der Waals surface area contributed by atoms with Crippen LogP contribution in [-0.4, -0.2) is 47.3 Å². The molecule has 1 aromatic heterocycles. The maximum atomic E-state index is 13.0. The molecule has 2 atom stereocenters. The van der Waals surface area contributed by atoms with Gasteiger partial charge >= 0.3 is 6.09 Å². The van der Waals surface area contributed by atoms with E-state index in [4.69, 9.17) is 4.74 Å². The Hall–Kier alpha value is -2.34. The number of nitriles is 1. The fourth-order valence-corrected chi connectivity index (χ4v) is 4.49. The molecule has 2 amide bonds. The number of aromatic nitrogens is 1. The maximum absolute atomic E-state index is 13.0. The number of alkyl carbamates (subject to hydrolysis) is 1. The summed E-state index contributed by atoms with van der Waals surface area (Å²) < 4.78 is 5.89. The van der Waals surface area contributed by atoms with Crippen LogP contribution in [0.4, 0.5) is 10.5 Å². The van der Waals surface area contributed by atoms with Crippen molar-refractivity contribution in [1.82, 2.24) is 15.6 Å². The number of carbonyl (C=O) groups is 2. The largest absolute Gasteiger partial charge is 0.444 e. The van der Waals surface area contributed by atoms with Crippen molar-refractivity contribution in [2.24, 2.45) is 5.92 Å². The molecule has 3 rings (SSSR count). The Balaban J connectivity index is 1.83. The fourth-order valence-electron chi connectivity index (χ4n) is 3.83. The van der Waals surface area contributed by atoms with Crippen LogP contribution < -0.4 is 15.5 Å². The van der Waals surface area contributed by atoms with E-state index < -0.39 is 17.2 Å². The minimum atomic E-state index is -0.585. The van der Waals surface area contributed by atoms with Gasteiger partial charge in [-0.1, -0.05) is 0 Å². The third kappa shape index (κ3) is 5.67. The summed E-state index contributed by atoms with van der Waals surface area (Å²) >= 11 is 3.49. The van der Waals surface area contributed by atoms with Crippen LogP contribution in [0.15, 0.2) is 10.7 Å². The maximum Gasteiger partial charge on any atom is 0.408 e. The molecule has 2 fully saturated rings. The van der Waals surface area contributed by atoms with Gasteiger partial charge in [-0.05, 0) is 75.7 Å². The lowest BCUT2D eigenvalue weighted by atomic mass is 10.0. The Bertz CT molecular complexity index is 919. The Morgan fingerprint density at radius 1 is 1.42 bits per heavy atom. The molecule has 0 aromatic carbocycles. The zero-order valence-electron chi connectivity index (χ0n) is 18.7. The van der Waals surface area contributed by atoms with Gasteiger partial charge in [0.05, 0.1) is 21.3 Å². The highest BCUT2D eigenvalue weighted by Gasteiger charge is 2.39. The van der Waals surface area contributed by atoms with Gasteiger partial charge in [0.15, 0.2) is 5.69 Å². The van der Waals surface area contributed by atoms with Gasteiger partial charge in [0.1, 0.15) is 11.7 Å². The van der Waals surface area contributed by atoms with Crippen LogP contribution in [0, 0.1) is 17.2 Å². The number of anilines is 1. The summed E-state index contributed by atoms with van der Waals surface area (Å²) in [6.07, 6.45) is 3.92. The van der Waals surface area contributed by atoms with Crippen molar-refractivity contribution in [2.45, 2.75) is 71.1 Å². The molecule has 168 valence electrons. The van der Waals surface area contributed by atoms with E-state index in [0.717, 1.165) is 12.8 Å². The third-order valence-corrected chi connectivity index (χ3v) is 6.38. The standard InChI is InChI=1S/C22H30BrN5O3/c1-13(14-6-7-14)26-19(29)15-11-25-16(10-24)17(23)18(15)28-9-8-22(5,12-28)27-20(30)31-21(2,3)4/h11,13-14H,6-9,12H2,1-5H3,(H,26,29)(H,27,30)/t13-,22-/m0/s1. The number of halogens is 1. The first kappa shape index (κ1) is 23.3. The average molecular weight is 492 g/mol. The van der Waals surface area contributed by atoms with E-state index in [2.05, 4.69) is 37.6 Å². The van der Waals surface area contributed by atoms with E-state index >= 15 is 0 Å². The molecule has 8 nitrogen and oxygen atoms in total. The van der Waals surface area contributed by atoms with Crippen molar-refractivity contribution in [3.8, 4) is 6.07 Å². The smallest absolute Gasteiger partial charge is 0.408 e. The highest BCUT2D eigenvalue weighted by molar-refractivity contribution is 9.10. The predicted molar refractivity (Wildman–Crippen MR) is 121 cm³/mol. The van der Waals surface area contributed by atoms with E-state index in [-0.39, 0.29) is 17.6 Å². The molecule has 9 heteroatoms. The molecule has 2 heterocycles. The third-order valence-electron chi connectivity index (χ3n) is 5.62. The van der Waals surface area contributed by atoms with E-state index in [1.54, 1.807) is 0 Å². The second kappa shape index (κ2) is 8.65. The normalized spacial score (nSPS) is 21.9.